The Morgan fingerprint density at radius 2 is 1.88 bits per heavy atom. The van der Waals surface area contributed by atoms with Crippen molar-refractivity contribution in [2.24, 2.45) is 5.92 Å². The number of carbonyl (C=O) groups excluding carboxylic acids is 1. The van der Waals surface area contributed by atoms with Crippen LogP contribution in [0.4, 0.5) is 0 Å². The van der Waals surface area contributed by atoms with Gasteiger partial charge < -0.3 is 15.0 Å². The summed E-state index contributed by atoms with van der Waals surface area (Å²) in [5.74, 6) is 1.61. The standard InChI is InChI=1S/C21H32N2O2/c1-15(2)14-25-19-9-5-16(6-10-19)21(3,4)20(24)23-12-11-17-7-8-18(13-23)22-17/h5-6,9-10,15,17-18,22H,7-8,11-14H2,1-4H3. The molecule has 2 atom stereocenters. The number of benzene rings is 1. The maximum atomic E-state index is 13.2. The van der Waals surface area contributed by atoms with Crippen LogP contribution in [0, 0.1) is 5.92 Å². The molecule has 2 saturated heterocycles. The molecule has 1 amide bonds. The monoisotopic (exact) mass is 344 g/mol. The van der Waals surface area contributed by atoms with E-state index in [1.807, 2.05) is 38.1 Å². The van der Waals surface area contributed by atoms with E-state index in [0.29, 0.717) is 24.6 Å². The smallest absolute Gasteiger partial charge is 0.232 e. The van der Waals surface area contributed by atoms with E-state index < -0.39 is 5.41 Å². The van der Waals surface area contributed by atoms with Gasteiger partial charge in [0.05, 0.1) is 12.0 Å². The molecule has 1 N–H and O–H groups in total. The van der Waals surface area contributed by atoms with Crippen molar-refractivity contribution in [3.8, 4) is 5.75 Å². The van der Waals surface area contributed by atoms with Crippen LogP contribution in [0.1, 0.15) is 52.5 Å². The minimum atomic E-state index is -0.514. The highest BCUT2D eigenvalue weighted by Crippen LogP contribution is 2.30. The van der Waals surface area contributed by atoms with Crippen molar-refractivity contribution in [2.75, 3.05) is 19.7 Å². The topological polar surface area (TPSA) is 41.6 Å². The minimum absolute atomic E-state index is 0.234. The molecule has 4 nitrogen and oxygen atoms in total. The van der Waals surface area contributed by atoms with Gasteiger partial charge in [0.1, 0.15) is 5.75 Å². The average molecular weight is 344 g/mol. The predicted octanol–water partition coefficient (Wildman–Crippen LogP) is 3.35. The number of carbonyl (C=O) groups is 1. The Morgan fingerprint density at radius 3 is 2.56 bits per heavy atom. The van der Waals surface area contributed by atoms with E-state index in [1.165, 1.54) is 12.8 Å². The molecule has 2 bridgehead atoms. The molecule has 0 radical (unpaired) electrons. The fourth-order valence-electron chi connectivity index (χ4n) is 3.88. The Balaban J connectivity index is 1.68. The molecule has 4 heteroatoms. The molecule has 2 unspecified atom stereocenters. The molecule has 3 rings (SSSR count). The van der Waals surface area contributed by atoms with Crippen LogP contribution >= 0.6 is 0 Å². The molecule has 0 aliphatic carbocycles. The Kier molecular flexibility index (Phi) is 5.38. The second kappa shape index (κ2) is 7.36. The Morgan fingerprint density at radius 1 is 1.20 bits per heavy atom. The lowest BCUT2D eigenvalue weighted by Crippen LogP contribution is -2.47. The first-order valence-corrected chi connectivity index (χ1v) is 9.65. The Hall–Kier alpha value is -1.55. The number of amides is 1. The van der Waals surface area contributed by atoms with Gasteiger partial charge in [-0.15, -0.1) is 0 Å². The zero-order valence-corrected chi connectivity index (χ0v) is 16.0. The number of hydrogen-bond donors (Lipinski definition) is 1. The first-order valence-electron chi connectivity index (χ1n) is 9.65. The summed E-state index contributed by atoms with van der Waals surface area (Å²) < 4.78 is 5.76. The number of likely N-dealkylation sites (tertiary alicyclic amines) is 1. The minimum Gasteiger partial charge on any atom is -0.493 e. The van der Waals surface area contributed by atoms with Crippen LogP contribution in [0.5, 0.6) is 5.75 Å². The van der Waals surface area contributed by atoms with Gasteiger partial charge in [0.15, 0.2) is 0 Å². The summed E-state index contributed by atoms with van der Waals surface area (Å²) in [7, 11) is 0. The summed E-state index contributed by atoms with van der Waals surface area (Å²) in [5, 5.41) is 3.65. The van der Waals surface area contributed by atoms with Crippen LogP contribution in [-0.4, -0.2) is 42.6 Å². The molecule has 2 heterocycles. The van der Waals surface area contributed by atoms with Gasteiger partial charge >= 0.3 is 0 Å². The van der Waals surface area contributed by atoms with Crippen LogP contribution in [0.3, 0.4) is 0 Å². The third-order valence-electron chi connectivity index (χ3n) is 5.50. The van der Waals surface area contributed by atoms with Crippen molar-refractivity contribution >= 4 is 5.91 Å². The molecule has 2 aliphatic heterocycles. The summed E-state index contributed by atoms with van der Waals surface area (Å²) in [6.07, 6.45) is 3.52. The predicted molar refractivity (Wildman–Crippen MR) is 101 cm³/mol. The zero-order chi connectivity index (χ0) is 18.0. The summed E-state index contributed by atoms with van der Waals surface area (Å²) in [6, 6.07) is 9.12. The molecule has 0 saturated carbocycles. The van der Waals surface area contributed by atoms with Gasteiger partial charge in [-0.2, -0.15) is 0 Å². The van der Waals surface area contributed by atoms with E-state index in [9.17, 15) is 4.79 Å². The van der Waals surface area contributed by atoms with Gasteiger partial charge in [0.2, 0.25) is 5.91 Å². The van der Waals surface area contributed by atoms with Gasteiger partial charge in [-0.25, -0.2) is 0 Å². The fourth-order valence-corrected chi connectivity index (χ4v) is 3.88. The first kappa shape index (κ1) is 18.2. The number of hydrogen-bond acceptors (Lipinski definition) is 3. The van der Waals surface area contributed by atoms with Crippen LogP contribution in [-0.2, 0) is 10.2 Å². The highest BCUT2D eigenvalue weighted by atomic mass is 16.5. The molecule has 138 valence electrons. The van der Waals surface area contributed by atoms with Crippen molar-refractivity contribution in [3.05, 3.63) is 29.8 Å². The number of nitrogens with zero attached hydrogens (tertiary/aromatic N) is 1. The molecule has 0 aromatic heterocycles. The maximum Gasteiger partial charge on any atom is 0.232 e. The maximum absolute atomic E-state index is 13.2. The van der Waals surface area contributed by atoms with Crippen molar-refractivity contribution in [3.63, 3.8) is 0 Å². The number of nitrogens with one attached hydrogen (secondary N) is 1. The van der Waals surface area contributed by atoms with Crippen molar-refractivity contribution in [2.45, 2.75) is 64.5 Å². The highest BCUT2D eigenvalue weighted by Gasteiger charge is 2.38. The number of fused-ring (bicyclic) bond motifs is 2. The molecular formula is C21H32N2O2. The molecule has 25 heavy (non-hydrogen) atoms. The van der Waals surface area contributed by atoms with Gasteiger partial charge in [0.25, 0.3) is 0 Å². The van der Waals surface area contributed by atoms with Crippen molar-refractivity contribution < 1.29 is 9.53 Å². The summed E-state index contributed by atoms with van der Waals surface area (Å²) >= 11 is 0. The second-order valence-electron chi connectivity index (χ2n) is 8.53. The fraction of sp³-hybridized carbons (Fsp3) is 0.667. The van der Waals surface area contributed by atoms with E-state index in [4.69, 9.17) is 4.74 Å². The lowest BCUT2D eigenvalue weighted by atomic mass is 9.83. The summed E-state index contributed by atoms with van der Waals surface area (Å²) in [4.78, 5) is 15.3. The molecule has 2 fully saturated rings. The van der Waals surface area contributed by atoms with Gasteiger partial charge in [-0.05, 0) is 56.7 Å². The number of rotatable bonds is 5. The van der Waals surface area contributed by atoms with Crippen molar-refractivity contribution in [1.29, 1.82) is 0 Å². The van der Waals surface area contributed by atoms with Gasteiger partial charge in [-0.1, -0.05) is 26.0 Å². The van der Waals surface area contributed by atoms with Crippen LogP contribution < -0.4 is 10.1 Å². The zero-order valence-electron chi connectivity index (χ0n) is 16.0. The van der Waals surface area contributed by atoms with Crippen LogP contribution in [0.2, 0.25) is 0 Å². The van der Waals surface area contributed by atoms with Gasteiger partial charge in [-0.3, -0.25) is 4.79 Å². The SMILES string of the molecule is CC(C)COc1ccc(C(C)(C)C(=O)N2CCC3CCC(C2)N3)cc1. The van der Waals surface area contributed by atoms with E-state index in [1.54, 1.807) is 0 Å². The van der Waals surface area contributed by atoms with Crippen molar-refractivity contribution in [1.82, 2.24) is 10.2 Å². The third kappa shape index (κ3) is 4.17. The Bertz CT molecular complexity index is 594. The second-order valence-corrected chi connectivity index (χ2v) is 8.53. The van der Waals surface area contributed by atoms with Crippen LogP contribution in [0.15, 0.2) is 24.3 Å². The molecular weight excluding hydrogens is 312 g/mol. The van der Waals surface area contributed by atoms with Gasteiger partial charge in [0, 0.05) is 25.2 Å². The highest BCUT2D eigenvalue weighted by molar-refractivity contribution is 5.87. The molecule has 1 aromatic carbocycles. The molecule has 1 aromatic rings. The largest absolute Gasteiger partial charge is 0.493 e. The lowest BCUT2D eigenvalue weighted by Gasteiger charge is -2.33. The van der Waals surface area contributed by atoms with E-state index in [0.717, 1.165) is 30.8 Å². The molecule has 2 aliphatic rings. The van der Waals surface area contributed by atoms with E-state index >= 15 is 0 Å². The lowest BCUT2D eigenvalue weighted by molar-refractivity contribution is -0.136. The van der Waals surface area contributed by atoms with Crippen LogP contribution in [0.25, 0.3) is 0 Å². The molecule has 0 spiro atoms. The van der Waals surface area contributed by atoms with E-state index in [-0.39, 0.29) is 5.91 Å². The average Bonchev–Trinajstić information content (AvgIpc) is 2.91. The third-order valence-corrected chi connectivity index (χ3v) is 5.50. The summed E-state index contributed by atoms with van der Waals surface area (Å²) in [5.41, 5.74) is 0.539. The number of ether oxygens (including phenoxy) is 1. The quantitative estimate of drug-likeness (QED) is 0.891. The summed E-state index contributed by atoms with van der Waals surface area (Å²) in [6.45, 7) is 10.8. The first-order chi connectivity index (χ1) is 11.9. The normalized spacial score (nSPS) is 23.6. The van der Waals surface area contributed by atoms with E-state index in [2.05, 4.69) is 24.1 Å². The Labute approximate surface area is 151 Å².